The summed E-state index contributed by atoms with van der Waals surface area (Å²) in [5, 5.41) is 14.9. The first kappa shape index (κ1) is 19.7. The normalized spacial score (nSPS) is 14.6. The van der Waals surface area contributed by atoms with E-state index in [4.69, 9.17) is 11.6 Å². The molecule has 5 nitrogen and oxygen atoms in total. The molecule has 0 saturated heterocycles. The van der Waals surface area contributed by atoms with Crippen LogP contribution in [-0.2, 0) is 17.8 Å². The van der Waals surface area contributed by atoms with Crippen LogP contribution in [0.1, 0.15) is 22.9 Å². The third kappa shape index (κ3) is 4.35. The number of carbonyl (C=O) groups excluding carboxylic acids is 1. The van der Waals surface area contributed by atoms with E-state index < -0.39 is 0 Å². The molecule has 3 aromatic rings. The molecule has 0 spiro atoms. The van der Waals surface area contributed by atoms with Gasteiger partial charge in [0.05, 0.1) is 5.25 Å². The van der Waals surface area contributed by atoms with Crippen LogP contribution in [0.25, 0.3) is 0 Å². The van der Waals surface area contributed by atoms with Gasteiger partial charge in [-0.15, -0.1) is 21.5 Å². The first-order valence-electron chi connectivity index (χ1n) is 8.87. The van der Waals surface area contributed by atoms with Crippen molar-refractivity contribution in [3.63, 3.8) is 0 Å². The van der Waals surface area contributed by atoms with Crippen molar-refractivity contribution < 1.29 is 4.79 Å². The highest BCUT2D eigenvalue weighted by Crippen LogP contribution is 2.33. The van der Waals surface area contributed by atoms with Gasteiger partial charge in [-0.3, -0.25) is 4.79 Å². The van der Waals surface area contributed by atoms with Crippen molar-refractivity contribution in [2.75, 3.05) is 11.9 Å². The summed E-state index contributed by atoms with van der Waals surface area (Å²) < 4.78 is 0.773. The lowest BCUT2D eigenvalue weighted by Crippen LogP contribution is -2.39. The molecule has 1 amide bonds. The minimum Gasteiger partial charge on any atom is -0.337 e. The topological polar surface area (TPSA) is 58.1 Å². The average Bonchev–Trinajstić information content (AvgIpc) is 3.32. The Balaban J connectivity index is 1.36. The molecule has 0 bridgehead atoms. The number of hydrogen-bond acceptors (Lipinski definition) is 7. The Labute approximate surface area is 181 Å². The highest BCUT2D eigenvalue weighted by Gasteiger charge is 2.26. The maximum atomic E-state index is 12.8. The fourth-order valence-corrected chi connectivity index (χ4v) is 6.07. The monoisotopic (exact) mass is 450 g/mol. The van der Waals surface area contributed by atoms with Crippen molar-refractivity contribution in [3.8, 4) is 0 Å². The van der Waals surface area contributed by atoms with Crippen LogP contribution < -0.4 is 5.32 Å². The Hall–Kier alpha value is -1.61. The molecule has 9 heteroatoms. The number of rotatable bonds is 5. The molecule has 1 unspecified atom stereocenters. The smallest absolute Gasteiger partial charge is 0.236 e. The number of hydrogen-bond donors (Lipinski definition) is 1. The van der Waals surface area contributed by atoms with Gasteiger partial charge in [0.15, 0.2) is 4.34 Å². The second kappa shape index (κ2) is 8.41. The van der Waals surface area contributed by atoms with Crippen LogP contribution in [0.4, 0.5) is 10.8 Å². The maximum absolute atomic E-state index is 12.8. The number of halogens is 1. The summed E-state index contributed by atoms with van der Waals surface area (Å²) in [5.41, 5.74) is 3.17. The van der Waals surface area contributed by atoms with Gasteiger partial charge in [-0.2, -0.15) is 0 Å². The van der Waals surface area contributed by atoms with Crippen LogP contribution in [-0.4, -0.2) is 32.8 Å². The summed E-state index contributed by atoms with van der Waals surface area (Å²) in [7, 11) is 0. The lowest BCUT2D eigenvalue weighted by atomic mass is 10.1. The van der Waals surface area contributed by atoms with E-state index in [1.165, 1.54) is 33.5 Å². The molecule has 4 rings (SSSR count). The molecule has 2 aromatic heterocycles. The molecule has 0 radical (unpaired) electrons. The van der Waals surface area contributed by atoms with Crippen molar-refractivity contribution in [2.24, 2.45) is 0 Å². The van der Waals surface area contributed by atoms with E-state index in [9.17, 15) is 4.79 Å². The number of aromatic nitrogens is 2. The Morgan fingerprint density at radius 1 is 1.36 bits per heavy atom. The Morgan fingerprint density at radius 2 is 2.21 bits per heavy atom. The number of aryl methyl sites for hydroxylation is 1. The minimum atomic E-state index is -0.199. The van der Waals surface area contributed by atoms with E-state index in [0.29, 0.717) is 16.7 Å². The number of fused-ring (bicyclic) bond motifs is 1. The fourth-order valence-electron chi connectivity index (χ4n) is 3.00. The second-order valence-electron chi connectivity index (χ2n) is 6.60. The number of amides is 1. The van der Waals surface area contributed by atoms with Gasteiger partial charge >= 0.3 is 0 Å². The largest absolute Gasteiger partial charge is 0.337 e. The molecular weight excluding hydrogens is 432 g/mol. The quantitative estimate of drug-likeness (QED) is 0.529. The van der Waals surface area contributed by atoms with Gasteiger partial charge in [-0.05, 0) is 55.0 Å². The van der Waals surface area contributed by atoms with Crippen molar-refractivity contribution in [1.82, 2.24) is 15.1 Å². The lowest BCUT2D eigenvalue weighted by Gasteiger charge is -2.28. The third-order valence-corrected chi connectivity index (χ3v) is 8.01. The van der Waals surface area contributed by atoms with E-state index in [1.54, 1.807) is 11.3 Å². The highest BCUT2D eigenvalue weighted by atomic mass is 35.5. The molecule has 3 heterocycles. The lowest BCUT2D eigenvalue weighted by molar-refractivity contribution is -0.131. The third-order valence-electron chi connectivity index (χ3n) is 4.57. The van der Waals surface area contributed by atoms with Gasteiger partial charge < -0.3 is 10.2 Å². The Bertz CT molecular complexity index is 1000. The molecule has 146 valence electrons. The zero-order chi connectivity index (χ0) is 19.7. The van der Waals surface area contributed by atoms with Crippen molar-refractivity contribution in [3.05, 3.63) is 50.7 Å². The van der Waals surface area contributed by atoms with Crippen LogP contribution in [0.5, 0.6) is 0 Å². The molecule has 1 aliphatic heterocycles. The molecular formula is C19H19ClN4OS3. The van der Waals surface area contributed by atoms with E-state index in [2.05, 4.69) is 27.0 Å². The molecule has 1 N–H and O–H groups in total. The van der Waals surface area contributed by atoms with E-state index in [1.807, 2.05) is 36.9 Å². The minimum absolute atomic E-state index is 0.150. The second-order valence-corrected chi connectivity index (χ2v) is 10.6. The molecule has 0 fully saturated rings. The SMILES string of the molecule is Cc1ccc(Nc2nnc(SC(C)C(=O)N3CCc4sccc4C3)s2)cc1Cl. The summed E-state index contributed by atoms with van der Waals surface area (Å²) in [6.07, 6.45) is 0.947. The summed E-state index contributed by atoms with van der Waals surface area (Å²) in [6, 6.07) is 7.90. The van der Waals surface area contributed by atoms with Crippen molar-refractivity contribution in [1.29, 1.82) is 0 Å². The first-order chi connectivity index (χ1) is 13.5. The molecule has 0 aliphatic carbocycles. The number of anilines is 2. The Kier molecular flexibility index (Phi) is 5.91. The van der Waals surface area contributed by atoms with Gasteiger partial charge in [0.25, 0.3) is 0 Å². The van der Waals surface area contributed by atoms with E-state index in [0.717, 1.165) is 28.6 Å². The maximum Gasteiger partial charge on any atom is 0.236 e. The van der Waals surface area contributed by atoms with Crippen molar-refractivity contribution >= 4 is 62.8 Å². The summed E-state index contributed by atoms with van der Waals surface area (Å²) >= 11 is 10.8. The van der Waals surface area contributed by atoms with Gasteiger partial charge in [-0.1, -0.05) is 40.8 Å². The van der Waals surface area contributed by atoms with Crippen molar-refractivity contribution in [2.45, 2.75) is 36.4 Å². The number of carbonyl (C=O) groups is 1. The zero-order valence-corrected chi connectivity index (χ0v) is 18.6. The predicted molar refractivity (Wildman–Crippen MR) is 118 cm³/mol. The summed E-state index contributed by atoms with van der Waals surface area (Å²) in [6.45, 7) is 5.39. The fraction of sp³-hybridized carbons (Fsp3) is 0.316. The first-order valence-corrected chi connectivity index (χ1v) is 11.8. The van der Waals surface area contributed by atoms with Crippen LogP contribution in [0, 0.1) is 6.92 Å². The number of nitrogens with one attached hydrogen (secondary N) is 1. The molecule has 1 aromatic carbocycles. The van der Waals surface area contributed by atoms with Gasteiger partial charge in [0, 0.05) is 28.7 Å². The highest BCUT2D eigenvalue weighted by molar-refractivity contribution is 8.02. The van der Waals surface area contributed by atoms with Gasteiger partial charge in [-0.25, -0.2) is 0 Å². The van der Waals surface area contributed by atoms with Gasteiger partial charge in [0.2, 0.25) is 11.0 Å². The van der Waals surface area contributed by atoms with E-state index in [-0.39, 0.29) is 11.2 Å². The number of thioether (sulfide) groups is 1. The van der Waals surface area contributed by atoms with E-state index >= 15 is 0 Å². The zero-order valence-electron chi connectivity index (χ0n) is 15.4. The average molecular weight is 451 g/mol. The molecule has 1 aliphatic rings. The summed E-state index contributed by atoms with van der Waals surface area (Å²) in [5.74, 6) is 0.150. The standard InChI is InChI=1S/C19H19ClN4OS3/c1-11-3-4-14(9-15(11)20)21-18-22-23-19(28-18)27-12(2)17(25)24-7-5-16-13(10-24)6-8-26-16/h3-4,6,8-9,12H,5,7,10H2,1-2H3,(H,21,22). The van der Waals surface area contributed by atoms with Crippen LogP contribution in [0.15, 0.2) is 34.0 Å². The molecule has 1 atom stereocenters. The number of benzene rings is 1. The number of thiophene rings is 1. The van der Waals surface area contributed by atoms with Crippen LogP contribution in [0.2, 0.25) is 5.02 Å². The van der Waals surface area contributed by atoms with Crippen LogP contribution >= 0.6 is 46.0 Å². The molecule has 28 heavy (non-hydrogen) atoms. The predicted octanol–water partition coefficient (Wildman–Crippen LogP) is 5.37. The molecule has 0 saturated carbocycles. The van der Waals surface area contributed by atoms with Crippen LogP contribution in [0.3, 0.4) is 0 Å². The Morgan fingerprint density at radius 3 is 3.04 bits per heavy atom. The number of nitrogens with zero attached hydrogens (tertiary/aromatic N) is 3. The summed E-state index contributed by atoms with van der Waals surface area (Å²) in [4.78, 5) is 16.2. The van der Waals surface area contributed by atoms with Gasteiger partial charge in [0.1, 0.15) is 0 Å².